The molecule has 0 fully saturated rings. The van der Waals surface area contributed by atoms with Gasteiger partial charge < -0.3 is 9.84 Å². The number of methoxy groups -OCH3 is 1. The van der Waals surface area contributed by atoms with Crippen molar-refractivity contribution >= 4 is 5.97 Å². The molecular weight excluding hydrogens is 244 g/mol. The van der Waals surface area contributed by atoms with Crippen LogP contribution in [0.25, 0.3) is 5.69 Å². The van der Waals surface area contributed by atoms with E-state index in [0.717, 1.165) is 12.1 Å². The van der Waals surface area contributed by atoms with Crippen molar-refractivity contribution in [1.82, 2.24) is 9.78 Å². The second-order valence-electron chi connectivity index (χ2n) is 4.18. The minimum Gasteiger partial charge on any atom is -0.494 e. The van der Waals surface area contributed by atoms with Gasteiger partial charge in [-0.2, -0.15) is 5.10 Å². The van der Waals surface area contributed by atoms with Crippen molar-refractivity contribution in [3.8, 4) is 11.4 Å². The highest BCUT2D eigenvalue weighted by Crippen LogP contribution is 2.24. The van der Waals surface area contributed by atoms with E-state index in [4.69, 9.17) is 9.84 Å². The van der Waals surface area contributed by atoms with E-state index < -0.39 is 5.97 Å². The van der Waals surface area contributed by atoms with Gasteiger partial charge in [0.25, 0.3) is 0 Å². The standard InChI is InChI=1S/C14H16N2O3/c1-3-10-4-5-13(19-2)12(8-10)16-7-6-11(15-16)9-14(17)18/h4-8H,3,9H2,1-2H3,(H,17,18). The van der Waals surface area contributed by atoms with Crippen molar-refractivity contribution in [2.75, 3.05) is 7.11 Å². The Labute approximate surface area is 111 Å². The first kappa shape index (κ1) is 13.1. The highest BCUT2D eigenvalue weighted by Gasteiger charge is 2.09. The van der Waals surface area contributed by atoms with E-state index in [1.807, 2.05) is 18.2 Å². The molecule has 0 spiro atoms. The largest absolute Gasteiger partial charge is 0.494 e. The molecule has 0 aliphatic carbocycles. The average molecular weight is 260 g/mol. The van der Waals surface area contributed by atoms with E-state index in [1.54, 1.807) is 24.1 Å². The Kier molecular flexibility index (Phi) is 3.85. The van der Waals surface area contributed by atoms with Crippen molar-refractivity contribution in [2.24, 2.45) is 0 Å². The third kappa shape index (κ3) is 2.93. The van der Waals surface area contributed by atoms with Crippen molar-refractivity contribution < 1.29 is 14.6 Å². The number of carbonyl (C=O) groups is 1. The molecule has 19 heavy (non-hydrogen) atoms. The maximum atomic E-state index is 10.7. The van der Waals surface area contributed by atoms with Gasteiger partial charge in [0.2, 0.25) is 0 Å². The zero-order valence-electron chi connectivity index (χ0n) is 11.0. The molecule has 0 saturated carbocycles. The smallest absolute Gasteiger partial charge is 0.309 e. The predicted molar refractivity (Wildman–Crippen MR) is 70.8 cm³/mol. The van der Waals surface area contributed by atoms with E-state index in [0.29, 0.717) is 11.4 Å². The summed E-state index contributed by atoms with van der Waals surface area (Å²) in [7, 11) is 1.60. The Balaban J connectivity index is 2.39. The maximum Gasteiger partial charge on any atom is 0.309 e. The number of ether oxygens (including phenoxy) is 1. The van der Waals surface area contributed by atoms with Crippen LogP contribution in [0.1, 0.15) is 18.2 Å². The molecule has 0 bridgehead atoms. The van der Waals surface area contributed by atoms with Crippen LogP contribution in [-0.2, 0) is 17.6 Å². The molecule has 1 N–H and O–H groups in total. The molecule has 0 atom stereocenters. The number of nitrogens with zero attached hydrogens (tertiary/aromatic N) is 2. The normalized spacial score (nSPS) is 10.4. The summed E-state index contributed by atoms with van der Waals surface area (Å²) in [6.07, 6.45) is 2.58. The zero-order chi connectivity index (χ0) is 13.8. The molecule has 2 rings (SSSR count). The number of aryl methyl sites for hydroxylation is 1. The summed E-state index contributed by atoms with van der Waals surface area (Å²) >= 11 is 0. The summed E-state index contributed by atoms with van der Waals surface area (Å²) in [6, 6.07) is 7.60. The highest BCUT2D eigenvalue weighted by molar-refractivity contribution is 5.69. The van der Waals surface area contributed by atoms with Crippen LogP contribution >= 0.6 is 0 Å². The second-order valence-corrected chi connectivity index (χ2v) is 4.18. The number of benzene rings is 1. The quantitative estimate of drug-likeness (QED) is 0.893. The molecular formula is C14H16N2O3. The lowest BCUT2D eigenvalue weighted by Crippen LogP contribution is -2.04. The van der Waals surface area contributed by atoms with E-state index in [-0.39, 0.29) is 6.42 Å². The van der Waals surface area contributed by atoms with Gasteiger partial charge in [0.1, 0.15) is 11.4 Å². The number of carboxylic acids is 1. The van der Waals surface area contributed by atoms with E-state index in [2.05, 4.69) is 12.0 Å². The molecule has 1 heterocycles. The molecule has 1 aromatic carbocycles. The van der Waals surface area contributed by atoms with Gasteiger partial charge in [-0.3, -0.25) is 4.79 Å². The summed E-state index contributed by atoms with van der Waals surface area (Å²) in [5, 5.41) is 13.0. The van der Waals surface area contributed by atoms with Crippen LogP contribution in [-0.4, -0.2) is 28.0 Å². The van der Waals surface area contributed by atoms with Crippen molar-refractivity contribution in [3.05, 3.63) is 41.7 Å². The number of aliphatic carboxylic acids is 1. The fourth-order valence-electron chi connectivity index (χ4n) is 1.88. The van der Waals surface area contributed by atoms with Gasteiger partial charge in [0.05, 0.1) is 19.2 Å². The molecule has 5 nitrogen and oxygen atoms in total. The Bertz CT molecular complexity index is 590. The van der Waals surface area contributed by atoms with Crippen LogP contribution < -0.4 is 4.74 Å². The molecule has 0 aliphatic heterocycles. The van der Waals surface area contributed by atoms with Crippen molar-refractivity contribution in [3.63, 3.8) is 0 Å². The van der Waals surface area contributed by atoms with E-state index in [9.17, 15) is 4.79 Å². The van der Waals surface area contributed by atoms with Crippen molar-refractivity contribution in [1.29, 1.82) is 0 Å². The third-order valence-corrected chi connectivity index (χ3v) is 2.87. The number of hydrogen-bond donors (Lipinski definition) is 1. The van der Waals surface area contributed by atoms with Gasteiger partial charge in [-0.25, -0.2) is 4.68 Å². The van der Waals surface area contributed by atoms with E-state index in [1.165, 1.54) is 5.56 Å². The predicted octanol–water partition coefficient (Wildman–Crippen LogP) is 2.07. The summed E-state index contributed by atoms with van der Waals surface area (Å²) in [4.78, 5) is 10.7. The van der Waals surface area contributed by atoms with E-state index >= 15 is 0 Å². The molecule has 0 radical (unpaired) electrons. The molecule has 100 valence electrons. The summed E-state index contributed by atoms with van der Waals surface area (Å²) in [6.45, 7) is 2.07. The molecule has 0 saturated heterocycles. The fourth-order valence-corrected chi connectivity index (χ4v) is 1.88. The minimum atomic E-state index is -0.889. The van der Waals surface area contributed by atoms with Crippen LogP contribution in [0, 0.1) is 0 Å². The van der Waals surface area contributed by atoms with Gasteiger partial charge in [-0.05, 0) is 30.2 Å². The summed E-state index contributed by atoms with van der Waals surface area (Å²) in [5.41, 5.74) is 2.51. The minimum absolute atomic E-state index is 0.0806. The highest BCUT2D eigenvalue weighted by atomic mass is 16.5. The number of aromatic nitrogens is 2. The van der Waals surface area contributed by atoms with Crippen molar-refractivity contribution in [2.45, 2.75) is 19.8 Å². The Morgan fingerprint density at radius 3 is 2.84 bits per heavy atom. The SMILES string of the molecule is CCc1ccc(OC)c(-n2ccc(CC(=O)O)n2)c1. The van der Waals surface area contributed by atoms with Crippen LogP contribution in [0.15, 0.2) is 30.5 Å². The lowest BCUT2D eigenvalue weighted by Gasteiger charge is -2.10. The lowest BCUT2D eigenvalue weighted by atomic mass is 10.1. The van der Waals surface area contributed by atoms with Crippen LogP contribution in [0.2, 0.25) is 0 Å². The van der Waals surface area contributed by atoms with Gasteiger partial charge in [0.15, 0.2) is 0 Å². The van der Waals surface area contributed by atoms with Gasteiger partial charge in [-0.1, -0.05) is 13.0 Å². The maximum absolute atomic E-state index is 10.7. The van der Waals surface area contributed by atoms with Gasteiger partial charge in [-0.15, -0.1) is 0 Å². The van der Waals surface area contributed by atoms with Gasteiger partial charge in [0, 0.05) is 6.20 Å². The van der Waals surface area contributed by atoms with Crippen LogP contribution in [0.3, 0.4) is 0 Å². The van der Waals surface area contributed by atoms with Gasteiger partial charge >= 0.3 is 5.97 Å². The zero-order valence-corrected chi connectivity index (χ0v) is 11.0. The summed E-state index contributed by atoms with van der Waals surface area (Å²) in [5.74, 6) is -0.179. The monoisotopic (exact) mass is 260 g/mol. The molecule has 0 unspecified atom stereocenters. The van der Waals surface area contributed by atoms with Crippen LogP contribution in [0.4, 0.5) is 0 Å². The Hall–Kier alpha value is -2.30. The molecule has 0 aliphatic rings. The Morgan fingerprint density at radius 1 is 1.42 bits per heavy atom. The second kappa shape index (κ2) is 5.56. The first-order chi connectivity index (χ1) is 9.13. The number of rotatable bonds is 5. The lowest BCUT2D eigenvalue weighted by molar-refractivity contribution is -0.136. The molecule has 5 heteroatoms. The number of carboxylic acid groups (broad SMARTS) is 1. The summed E-state index contributed by atoms with van der Waals surface area (Å²) < 4.78 is 6.96. The first-order valence-electron chi connectivity index (χ1n) is 6.07. The third-order valence-electron chi connectivity index (χ3n) is 2.87. The average Bonchev–Trinajstić information content (AvgIpc) is 2.85. The molecule has 2 aromatic rings. The number of hydrogen-bond acceptors (Lipinski definition) is 3. The Morgan fingerprint density at radius 2 is 2.21 bits per heavy atom. The topological polar surface area (TPSA) is 64.3 Å². The first-order valence-corrected chi connectivity index (χ1v) is 6.07. The fraction of sp³-hybridized carbons (Fsp3) is 0.286. The van der Waals surface area contributed by atoms with Crippen LogP contribution in [0.5, 0.6) is 5.75 Å². The molecule has 0 amide bonds. The molecule has 1 aromatic heterocycles.